The first kappa shape index (κ1) is 12.4. The summed E-state index contributed by atoms with van der Waals surface area (Å²) < 4.78 is 1.93. The van der Waals surface area contributed by atoms with Crippen molar-refractivity contribution in [2.75, 3.05) is 18.0 Å². The predicted octanol–water partition coefficient (Wildman–Crippen LogP) is 1.78. The summed E-state index contributed by atoms with van der Waals surface area (Å²) in [7, 11) is 0. The Morgan fingerprint density at radius 2 is 2.26 bits per heavy atom. The van der Waals surface area contributed by atoms with E-state index in [-0.39, 0.29) is 0 Å². The summed E-state index contributed by atoms with van der Waals surface area (Å²) in [5.41, 5.74) is 7.94. The van der Waals surface area contributed by atoms with Crippen LogP contribution in [0.5, 0.6) is 0 Å². The van der Waals surface area contributed by atoms with E-state index in [1.54, 1.807) is 0 Å². The van der Waals surface area contributed by atoms with Gasteiger partial charge in [-0.15, -0.1) is 0 Å². The number of anilines is 1. The van der Waals surface area contributed by atoms with E-state index in [1.165, 1.54) is 12.8 Å². The Morgan fingerprint density at radius 3 is 2.89 bits per heavy atom. The monoisotopic (exact) mass is 259 g/mol. The lowest BCUT2D eigenvalue weighted by Crippen LogP contribution is -2.32. The Kier molecular flexibility index (Phi) is 3.14. The molecule has 0 aliphatic heterocycles. The molecule has 102 valence electrons. The number of rotatable bonds is 5. The van der Waals surface area contributed by atoms with Gasteiger partial charge in [0.1, 0.15) is 5.52 Å². The van der Waals surface area contributed by atoms with Crippen LogP contribution in [0, 0.1) is 0 Å². The van der Waals surface area contributed by atoms with Gasteiger partial charge in [-0.2, -0.15) is 5.10 Å². The molecule has 1 aliphatic carbocycles. The van der Waals surface area contributed by atoms with Crippen LogP contribution < -0.4 is 10.6 Å². The molecule has 2 aromatic heterocycles. The minimum absolute atomic E-state index is 0.427. The summed E-state index contributed by atoms with van der Waals surface area (Å²) >= 11 is 0. The summed E-state index contributed by atoms with van der Waals surface area (Å²) in [5.74, 6) is 1.45. The van der Waals surface area contributed by atoms with E-state index in [4.69, 9.17) is 5.73 Å². The molecule has 5 nitrogen and oxygen atoms in total. The van der Waals surface area contributed by atoms with E-state index < -0.39 is 0 Å². The van der Waals surface area contributed by atoms with Crippen LogP contribution in [-0.2, 0) is 0 Å². The highest BCUT2D eigenvalue weighted by Crippen LogP contribution is 2.32. The Balaban J connectivity index is 2.06. The predicted molar refractivity (Wildman–Crippen MR) is 76.5 cm³/mol. The molecule has 0 saturated heterocycles. The fourth-order valence-electron chi connectivity index (χ4n) is 2.42. The van der Waals surface area contributed by atoms with E-state index in [0.717, 1.165) is 23.6 Å². The zero-order valence-corrected chi connectivity index (χ0v) is 11.6. The maximum atomic E-state index is 5.74. The van der Waals surface area contributed by atoms with E-state index >= 15 is 0 Å². The van der Waals surface area contributed by atoms with Crippen molar-refractivity contribution < 1.29 is 0 Å². The molecule has 2 heterocycles. The molecule has 1 saturated carbocycles. The van der Waals surface area contributed by atoms with Crippen molar-refractivity contribution in [3.05, 3.63) is 24.2 Å². The van der Waals surface area contributed by atoms with Crippen LogP contribution in [0.2, 0.25) is 0 Å². The molecule has 1 fully saturated rings. The van der Waals surface area contributed by atoms with E-state index in [9.17, 15) is 0 Å². The van der Waals surface area contributed by atoms with Crippen LogP contribution in [0.15, 0.2) is 18.5 Å². The molecule has 0 unspecified atom stereocenters. The zero-order chi connectivity index (χ0) is 13.4. The molecule has 0 spiro atoms. The summed E-state index contributed by atoms with van der Waals surface area (Å²) in [6, 6.07) is 2.76. The second-order valence-electron chi connectivity index (χ2n) is 5.52. The standard InChI is InChI=1S/C14H21N5/c1-10(2)12-9-13-14(16-6-8-19(13)17-12)18(7-5-15)11-3-4-11/h6,8-11H,3-5,7,15H2,1-2H3. The SMILES string of the molecule is CC(C)c1cc2c(N(CCN)C3CC3)nccn2n1. The third-order valence-corrected chi connectivity index (χ3v) is 3.61. The van der Waals surface area contributed by atoms with Crippen LogP contribution in [0.1, 0.15) is 38.3 Å². The zero-order valence-electron chi connectivity index (χ0n) is 11.6. The van der Waals surface area contributed by atoms with Crippen molar-refractivity contribution in [3.8, 4) is 0 Å². The molecule has 5 heteroatoms. The summed E-state index contributed by atoms with van der Waals surface area (Å²) in [6.45, 7) is 5.84. The number of fused-ring (bicyclic) bond motifs is 1. The summed E-state index contributed by atoms with van der Waals surface area (Å²) in [6.07, 6.45) is 6.23. The lowest BCUT2D eigenvalue weighted by atomic mass is 10.1. The molecule has 0 radical (unpaired) electrons. The highest BCUT2D eigenvalue weighted by Gasteiger charge is 2.30. The van der Waals surface area contributed by atoms with Gasteiger partial charge in [-0.05, 0) is 24.8 Å². The minimum Gasteiger partial charge on any atom is -0.351 e. The number of hydrogen-bond acceptors (Lipinski definition) is 4. The van der Waals surface area contributed by atoms with Gasteiger partial charge in [-0.1, -0.05) is 13.8 Å². The Bertz CT molecular complexity index is 570. The largest absolute Gasteiger partial charge is 0.351 e. The molecular formula is C14H21N5. The summed E-state index contributed by atoms with van der Waals surface area (Å²) in [4.78, 5) is 6.90. The first-order chi connectivity index (χ1) is 9.20. The van der Waals surface area contributed by atoms with Gasteiger partial charge in [-0.3, -0.25) is 0 Å². The molecule has 2 aromatic rings. The van der Waals surface area contributed by atoms with Crippen LogP contribution in [0.25, 0.3) is 5.52 Å². The van der Waals surface area contributed by atoms with Gasteiger partial charge in [0.2, 0.25) is 0 Å². The lowest BCUT2D eigenvalue weighted by Gasteiger charge is -2.23. The first-order valence-corrected chi connectivity index (χ1v) is 7.01. The van der Waals surface area contributed by atoms with Gasteiger partial charge >= 0.3 is 0 Å². The topological polar surface area (TPSA) is 59.5 Å². The molecule has 19 heavy (non-hydrogen) atoms. The minimum atomic E-state index is 0.427. The van der Waals surface area contributed by atoms with Crippen LogP contribution in [-0.4, -0.2) is 33.7 Å². The van der Waals surface area contributed by atoms with Crippen molar-refractivity contribution in [1.82, 2.24) is 14.6 Å². The van der Waals surface area contributed by atoms with E-state index in [2.05, 4.69) is 34.9 Å². The van der Waals surface area contributed by atoms with Gasteiger partial charge in [0, 0.05) is 31.5 Å². The van der Waals surface area contributed by atoms with Gasteiger partial charge in [-0.25, -0.2) is 9.50 Å². The van der Waals surface area contributed by atoms with Gasteiger partial charge in [0.25, 0.3) is 0 Å². The second kappa shape index (κ2) is 4.81. The highest BCUT2D eigenvalue weighted by molar-refractivity contribution is 5.70. The average Bonchev–Trinajstić information content (AvgIpc) is 3.13. The fourth-order valence-corrected chi connectivity index (χ4v) is 2.42. The normalized spacial score (nSPS) is 15.4. The lowest BCUT2D eigenvalue weighted by molar-refractivity contribution is 0.762. The Morgan fingerprint density at radius 1 is 1.47 bits per heavy atom. The first-order valence-electron chi connectivity index (χ1n) is 7.01. The van der Waals surface area contributed by atoms with Gasteiger partial charge in [0.15, 0.2) is 5.82 Å². The summed E-state index contributed by atoms with van der Waals surface area (Å²) in [5, 5.41) is 4.61. The Hall–Kier alpha value is -1.62. The third kappa shape index (κ3) is 2.30. The van der Waals surface area contributed by atoms with Crippen molar-refractivity contribution >= 4 is 11.3 Å². The van der Waals surface area contributed by atoms with E-state index in [1.807, 2.05) is 16.9 Å². The molecule has 0 bridgehead atoms. The molecule has 0 atom stereocenters. The highest BCUT2D eigenvalue weighted by atomic mass is 15.3. The third-order valence-electron chi connectivity index (χ3n) is 3.61. The number of aromatic nitrogens is 3. The fraction of sp³-hybridized carbons (Fsp3) is 0.571. The number of hydrogen-bond donors (Lipinski definition) is 1. The Labute approximate surface area is 113 Å². The number of nitrogens with two attached hydrogens (primary N) is 1. The van der Waals surface area contributed by atoms with Crippen LogP contribution >= 0.6 is 0 Å². The van der Waals surface area contributed by atoms with Crippen molar-refractivity contribution in [2.24, 2.45) is 5.73 Å². The number of nitrogens with zero attached hydrogens (tertiary/aromatic N) is 4. The van der Waals surface area contributed by atoms with E-state index in [0.29, 0.717) is 18.5 Å². The maximum absolute atomic E-state index is 5.74. The molecule has 2 N–H and O–H groups in total. The molecular weight excluding hydrogens is 238 g/mol. The average molecular weight is 259 g/mol. The van der Waals surface area contributed by atoms with Crippen molar-refractivity contribution in [1.29, 1.82) is 0 Å². The van der Waals surface area contributed by atoms with Crippen LogP contribution in [0.4, 0.5) is 5.82 Å². The van der Waals surface area contributed by atoms with Crippen molar-refractivity contribution in [2.45, 2.75) is 38.6 Å². The quantitative estimate of drug-likeness (QED) is 0.889. The maximum Gasteiger partial charge on any atom is 0.154 e. The van der Waals surface area contributed by atoms with Crippen LogP contribution in [0.3, 0.4) is 0 Å². The molecule has 0 amide bonds. The molecule has 3 rings (SSSR count). The van der Waals surface area contributed by atoms with Crippen molar-refractivity contribution in [3.63, 3.8) is 0 Å². The molecule has 1 aliphatic rings. The molecule has 0 aromatic carbocycles. The smallest absolute Gasteiger partial charge is 0.154 e. The van der Waals surface area contributed by atoms with Gasteiger partial charge in [0.05, 0.1) is 5.69 Å². The van der Waals surface area contributed by atoms with Gasteiger partial charge < -0.3 is 10.6 Å². The second-order valence-corrected chi connectivity index (χ2v) is 5.52.